The molecule has 1 amide bonds. The molecule has 158 valence electrons. The highest BCUT2D eigenvalue weighted by atomic mass is 32.2. The predicted molar refractivity (Wildman–Crippen MR) is 105 cm³/mol. The van der Waals surface area contributed by atoms with Crippen LogP contribution in [0.15, 0.2) is 53.4 Å². The topological polar surface area (TPSA) is 136 Å². The van der Waals surface area contributed by atoms with Gasteiger partial charge in [0.05, 0.1) is 27.5 Å². The SMILES string of the molecule is CC(OC(=O)c1ccc(S(=O)(=O)N2CCNC(=O)C2)cc1)c1ccccc1[N+](=O)[O-]. The van der Waals surface area contributed by atoms with Crippen molar-refractivity contribution in [1.82, 2.24) is 9.62 Å². The largest absolute Gasteiger partial charge is 0.454 e. The van der Waals surface area contributed by atoms with Crippen molar-refractivity contribution in [2.75, 3.05) is 19.6 Å². The van der Waals surface area contributed by atoms with E-state index in [0.717, 1.165) is 4.31 Å². The van der Waals surface area contributed by atoms with Crippen molar-refractivity contribution < 1.29 is 27.7 Å². The lowest BCUT2D eigenvalue weighted by molar-refractivity contribution is -0.386. The molecule has 0 aliphatic carbocycles. The first-order chi connectivity index (χ1) is 14.2. The number of para-hydroxylation sites is 1. The van der Waals surface area contributed by atoms with Gasteiger partial charge in [0.25, 0.3) is 5.69 Å². The zero-order valence-electron chi connectivity index (χ0n) is 16.0. The number of hydrogen-bond acceptors (Lipinski definition) is 7. The van der Waals surface area contributed by atoms with Crippen LogP contribution < -0.4 is 5.32 Å². The van der Waals surface area contributed by atoms with Crippen molar-refractivity contribution in [2.45, 2.75) is 17.9 Å². The molecule has 30 heavy (non-hydrogen) atoms. The van der Waals surface area contributed by atoms with E-state index in [1.165, 1.54) is 49.4 Å². The molecule has 10 nitrogen and oxygen atoms in total. The molecule has 1 aliphatic heterocycles. The highest BCUT2D eigenvalue weighted by Gasteiger charge is 2.29. The highest BCUT2D eigenvalue weighted by Crippen LogP contribution is 2.28. The van der Waals surface area contributed by atoms with Crippen molar-refractivity contribution in [3.05, 3.63) is 69.8 Å². The molecule has 1 aliphatic rings. The minimum absolute atomic E-state index is 0.0551. The smallest absolute Gasteiger partial charge is 0.338 e. The molecule has 0 spiro atoms. The van der Waals surface area contributed by atoms with Gasteiger partial charge in [-0.05, 0) is 37.3 Å². The quantitative estimate of drug-likeness (QED) is 0.415. The van der Waals surface area contributed by atoms with E-state index in [0.29, 0.717) is 0 Å². The average Bonchev–Trinajstić information content (AvgIpc) is 2.73. The van der Waals surface area contributed by atoms with Crippen LogP contribution in [0.4, 0.5) is 5.69 Å². The molecule has 1 saturated heterocycles. The third-order valence-electron chi connectivity index (χ3n) is 4.59. The summed E-state index contributed by atoms with van der Waals surface area (Å²) in [5, 5.41) is 13.7. The van der Waals surface area contributed by atoms with Gasteiger partial charge in [-0.3, -0.25) is 14.9 Å². The minimum atomic E-state index is -3.87. The fourth-order valence-corrected chi connectivity index (χ4v) is 4.42. The molecule has 1 fully saturated rings. The second-order valence-electron chi connectivity index (χ2n) is 6.58. The number of esters is 1. The van der Waals surface area contributed by atoms with Crippen molar-refractivity contribution in [1.29, 1.82) is 0 Å². The molecular formula is C19H19N3O7S. The maximum Gasteiger partial charge on any atom is 0.338 e. The van der Waals surface area contributed by atoms with E-state index in [1.54, 1.807) is 6.07 Å². The number of rotatable bonds is 6. The molecule has 2 aromatic carbocycles. The third kappa shape index (κ3) is 4.47. The molecule has 11 heteroatoms. The first-order valence-corrected chi connectivity index (χ1v) is 10.5. The molecule has 0 saturated carbocycles. The Morgan fingerprint density at radius 3 is 2.50 bits per heavy atom. The Balaban J connectivity index is 1.74. The number of sulfonamides is 1. The number of amides is 1. The summed E-state index contributed by atoms with van der Waals surface area (Å²) in [7, 11) is -3.87. The molecule has 2 aromatic rings. The van der Waals surface area contributed by atoms with Crippen LogP contribution >= 0.6 is 0 Å². The molecule has 1 N–H and O–H groups in total. The summed E-state index contributed by atoms with van der Waals surface area (Å²) >= 11 is 0. The Morgan fingerprint density at radius 2 is 1.87 bits per heavy atom. The Labute approximate surface area is 172 Å². The zero-order chi connectivity index (χ0) is 21.9. The van der Waals surface area contributed by atoms with Crippen LogP contribution in [0.3, 0.4) is 0 Å². The van der Waals surface area contributed by atoms with Crippen molar-refractivity contribution in [2.24, 2.45) is 0 Å². The number of nitro groups is 1. The Kier molecular flexibility index (Phi) is 6.13. The number of nitro benzene ring substituents is 1. The normalized spacial score (nSPS) is 15.8. The van der Waals surface area contributed by atoms with Gasteiger partial charge in [0.15, 0.2) is 0 Å². The van der Waals surface area contributed by atoms with Crippen molar-refractivity contribution >= 4 is 27.6 Å². The summed E-state index contributed by atoms with van der Waals surface area (Å²) in [6.07, 6.45) is -0.880. The Hall–Kier alpha value is -3.31. The number of hydrogen-bond donors (Lipinski definition) is 1. The van der Waals surface area contributed by atoms with Gasteiger partial charge < -0.3 is 10.1 Å². The summed E-state index contributed by atoms with van der Waals surface area (Å²) in [5.74, 6) is -1.13. The molecule has 1 atom stereocenters. The highest BCUT2D eigenvalue weighted by molar-refractivity contribution is 7.89. The van der Waals surface area contributed by atoms with Gasteiger partial charge in [0.2, 0.25) is 15.9 Å². The van der Waals surface area contributed by atoms with Crippen LogP contribution in [0, 0.1) is 10.1 Å². The fourth-order valence-electron chi connectivity index (χ4n) is 3.02. The van der Waals surface area contributed by atoms with Crippen molar-refractivity contribution in [3.8, 4) is 0 Å². The van der Waals surface area contributed by atoms with Crippen LogP contribution in [0.25, 0.3) is 0 Å². The van der Waals surface area contributed by atoms with Gasteiger partial charge >= 0.3 is 5.97 Å². The number of carbonyl (C=O) groups excluding carboxylic acids is 2. The molecule has 3 rings (SSSR count). The zero-order valence-corrected chi connectivity index (χ0v) is 16.8. The number of nitrogens with one attached hydrogen (secondary N) is 1. The van der Waals surface area contributed by atoms with E-state index < -0.39 is 27.0 Å². The van der Waals surface area contributed by atoms with Gasteiger partial charge in [-0.15, -0.1) is 0 Å². The van der Waals surface area contributed by atoms with Crippen LogP contribution in [-0.4, -0.2) is 49.2 Å². The monoisotopic (exact) mass is 433 g/mol. The summed E-state index contributed by atoms with van der Waals surface area (Å²) in [5.41, 5.74) is 0.180. The molecule has 0 bridgehead atoms. The van der Waals surface area contributed by atoms with Gasteiger partial charge in [-0.1, -0.05) is 12.1 Å². The lowest BCUT2D eigenvalue weighted by atomic mass is 10.1. The molecular weight excluding hydrogens is 414 g/mol. The van der Waals surface area contributed by atoms with E-state index in [4.69, 9.17) is 4.74 Å². The Morgan fingerprint density at radius 1 is 1.20 bits per heavy atom. The summed E-state index contributed by atoms with van der Waals surface area (Å²) in [4.78, 5) is 34.4. The summed E-state index contributed by atoms with van der Waals surface area (Å²) in [6, 6.07) is 11.0. The van der Waals surface area contributed by atoms with Crippen LogP contribution in [0.2, 0.25) is 0 Å². The predicted octanol–water partition coefficient (Wildman–Crippen LogP) is 1.63. The number of ether oxygens (including phenoxy) is 1. The van der Waals surface area contributed by atoms with Gasteiger partial charge in [0, 0.05) is 19.2 Å². The average molecular weight is 433 g/mol. The number of benzene rings is 2. The maximum absolute atomic E-state index is 12.6. The Bertz CT molecular complexity index is 1080. The molecule has 0 aromatic heterocycles. The van der Waals surface area contributed by atoms with Gasteiger partial charge in [-0.2, -0.15) is 4.31 Å². The van der Waals surface area contributed by atoms with Crippen LogP contribution in [-0.2, 0) is 19.6 Å². The molecule has 1 unspecified atom stereocenters. The molecule has 0 radical (unpaired) electrons. The number of piperazine rings is 1. The van der Waals surface area contributed by atoms with Crippen LogP contribution in [0.1, 0.15) is 28.9 Å². The number of carbonyl (C=O) groups is 2. The van der Waals surface area contributed by atoms with E-state index in [9.17, 15) is 28.1 Å². The standard InChI is InChI=1S/C19H19N3O7S/c1-13(16-4-2-3-5-17(16)22(25)26)29-19(24)14-6-8-15(9-7-14)30(27,28)21-11-10-20-18(23)12-21/h2-9,13H,10-12H2,1H3,(H,20,23). The maximum atomic E-state index is 12.6. The van der Waals surface area contributed by atoms with Gasteiger partial charge in [0.1, 0.15) is 6.10 Å². The second kappa shape index (κ2) is 8.59. The van der Waals surface area contributed by atoms with Gasteiger partial charge in [-0.25, -0.2) is 13.2 Å². The van der Waals surface area contributed by atoms with E-state index in [2.05, 4.69) is 5.32 Å². The molecule has 1 heterocycles. The fraction of sp³-hybridized carbons (Fsp3) is 0.263. The summed E-state index contributed by atoms with van der Waals surface area (Å²) < 4.78 is 31.7. The second-order valence-corrected chi connectivity index (χ2v) is 8.51. The first kappa shape index (κ1) is 21.4. The lowest BCUT2D eigenvalue weighted by Gasteiger charge is -2.25. The van der Waals surface area contributed by atoms with Crippen molar-refractivity contribution in [3.63, 3.8) is 0 Å². The summed E-state index contributed by atoms with van der Waals surface area (Å²) in [6.45, 7) is 1.64. The lowest BCUT2D eigenvalue weighted by Crippen LogP contribution is -2.49. The number of nitrogens with zero attached hydrogens (tertiary/aromatic N) is 2. The van der Waals surface area contributed by atoms with E-state index in [-0.39, 0.29) is 47.3 Å². The van der Waals surface area contributed by atoms with E-state index >= 15 is 0 Å². The first-order valence-electron chi connectivity index (χ1n) is 9.01. The minimum Gasteiger partial charge on any atom is -0.454 e. The third-order valence-corrected chi connectivity index (χ3v) is 6.45. The van der Waals surface area contributed by atoms with Crippen LogP contribution in [0.5, 0.6) is 0 Å². The van der Waals surface area contributed by atoms with E-state index in [1.807, 2.05) is 0 Å².